The molecule has 0 unspecified atom stereocenters. The second kappa shape index (κ2) is 14.2. The Morgan fingerprint density at radius 3 is 2.43 bits per heavy atom. The Bertz CT molecular complexity index is 687. The number of aromatic amines is 1. The minimum Gasteiger partial charge on any atom is -0.466 e. The molecule has 0 aliphatic carbocycles. The minimum absolute atomic E-state index is 0.119. The maximum Gasteiger partial charge on any atom is 0.306 e. The molecule has 2 aromatic rings. The van der Waals surface area contributed by atoms with E-state index in [0.29, 0.717) is 13.0 Å². The Kier molecular flexibility index (Phi) is 12.4. The average molecular weight is 439 g/mol. The van der Waals surface area contributed by atoms with E-state index < -0.39 is 5.79 Å². The number of H-pyrrole nitrogens is 1. The van der Waals surface area contributed by atoms with Gasteiger partial charge < -0.3 is 24.7 Å². The van der Waals surface area contributed by atoms with E-state index >= 15 is 0 Å². The fourth-order valence-electron chi connectivity index (χ4n) is 2.43. The number of nitrogens with one attached hydrogen (secondary N) is 1. The van der Waals surface area contributed by atoms with Gasteiger partial charge in [-0.1, -0.05) is 12.1 Å². The summed E-state index contributed by atoms with van der Waals surface area (Å²) in [6, 6.07) is 8.46. The summed E-state index contributed by atoms with van der Waals surface area (Å²) in [6.45, 7) is 7.72. The number of imidazole rings is 1. The highest BCUT2D eigenvalue weighted by atomic mass is 32.2. The molecule has 1 aliphatic heterocycles. The van der Waals surface area contributed by atoms with Gasteiger partial charge in [0.1, 0.15) is 0 Å². The van der Waals surface area contributed by atoms with E-state index in [1.807, 2.05) is 13.8 Å². The van der Waals surface area contributed by atoms with Crippen LogP contribution in [0.2, 0.25) is 0 Å². The summed E-state index contributed by atoms with van der Waals surface area (Å²) in [5, 5.41) is 16.2. The molecule has 30 heavy (non-hydrogen) atoms. The first-order valence-electron chi connectivity index (χ1n) is 10.1. The quantitative estimate of drug-likeness (QED) is 0.355. The van der Waals surface area contributed by atoms with Crippen molar-refractivity contribution in [1.29, 1.82) is 0 Å². The van der Waals surface area contributed by atoms with Crippen LogP contribution in [0.4, 0.5) is 0 Å². The Morgan fingerprint density at radius 1 is 1.33 bits per heavy atom. The van der Waals surface area contributed by atoms with Crippen molar-refractivity contribution >= 4 is 17.7 Å². The van der Waals surface area contributed by atoms with E-state index in [4.69, 9.17) is 19.7 Å². The van der Waals surface area contributed by atoms with E-state index in [-0.39, 0.29) is 12.1 Å². The highest BCUT2D eigenvalue weighted by molar-refractivity contribution is 7.99. The third-order valence-corrected chi connectivity index (χ3v) is 4.71. The summed E-state index contributed by atoms with van der Waals surface area (Å²) >= 11 is 1.68. The molecule has 8 heteroatoms. The number of rotatable bonds is 6. The molecule has 1 aliphatic rings. The number of aromatic nitrogens is 2. The van der Waals surface area contributed by atoms with Crippen molar-refractivity contribution in [2.75, 3.05) is 19.0 Å². The molecule has 3 N–H and O–H groups in total. The van der Waals surface area contributed by atoms with Crippen LogP contribution in [-0.2, 0) is 14.3 Å². The lowest BCUT2D eigenvalue weighted by atomic mass is 10.1. The summed E-state index contributed by atoms with van der Waals surface area (Å²) < 4.78 is 10.5. The SMILES string of the molecule is CC(C)(O)O.CCOC(=O)CCSc1ccc([C@H]2CCCO2)cc1.Cc1cnc[nH]1. The number of hydrogen-bond donors (Lipinski definition) is 3. The second-order valence-electron chi connectivity index (χ2n) is 7.20. The molecule has 1 aromatic heterocycles. The summed E-state index contributed by atoms with van der Waals surface area (Å²) in [5.74, 6) is -0.857. The lowest BCUT2D eigenvalue weighted by Crippen LogP contribution is -2.15. The van der Waals surface area contributed by atoms with Gasteiger partial charge in [0.25, 0.3) is 0 Å². The highest BCUT2D eigenvalue weighted by Crippen LogP contribution is 2.30. The van der Waals surface area contributed by atoms with E-state index in [9.17, 15) is 4.79 Å². The first-order valence-corrected chi connectivity index (χ1v) is 11.1. The van der Waals surface area contributed by atoms with E-state index in [1.165, 1.54) is 24.3 Å². The van der Waals surface area contributed by atoms with Gasteiger partial charge in [-0.25, -0.2) is 4.98 Å². The van der Waals surface area contributed by atoms with Gasteiger partial charge in [-0.15, -0.1) is 11.8 Å². The minimum atomic E-state index is -1.50. The number of aliphatic hydroxyl groups is 2. The van der Waals surface area contributed by atoms with Crippen molar-refractivity contribution in [3.05, 3.63) is 48.0 Å². The van der Waals surface area contributed by atoms with Gasteiger partial charge >= 0.3 is 5.97 Å². The molecule has 2 heterocycles. The third kappa shape index (κ3) is 13.4. The van der Waals surface area contributed by atoms with Crippen molar-refractivity contribution < 1.29 is 24.5 Å². The number of nitrogens with zero attached hydrogens (tertiary/aromatic N) is 1. The van der Waals surface area contributed by atoms with Crippen LogP contribution in [0.5, 0.6) is 0 Å². The Hall–Kier alpha value is -1.87. The highest BCUT2D eigenvalue weighted by Gasteiger charge is 2.17. The largest absolute Gasteiger partial charge is 0.466 e. The smallest absolute Gasteiger partial charge is 0.306 e. The summed E-state index contributed by atoms with van der Waals surface area (Å²) in [4.78, 5) is 19.1. The van der Waals surface area contributed by atoms with E-state index in [2.05, 4.69) is 34.2 Å². The molecular formula is C22H34N2O5S. The molecular weight excluding hydrogens is 404 g/mol. The van der Waals surface area contributed by atoms with Gasteiger partial charge in [0.2, 0.25) is 0 Å². The number of aryl methyl sites for hydroxylation is 1. The number of benzene rings is 1. The molecule has 1 atom stereocenters. The van der Waals surface area contributed by atoms with Crippen molar-refractivity contribution in [2.45, 2.75) is 63.7 Å². The van der Waals surface area contributed by atoms with Crippen LogP contribution in [-0.4, -0.2) is 50.9 Å². The summed E-state index contributed by atoms with van der Waals surface area (Å²) in [5.41, 5.74) is 2.36. The van der Waals surface area contributed by atoms with Gasteiger partial charge in [-0.2, -0.15) is 0 Å². The van der Waals surface area contributed by atoms with Gasteiger partial charge in [0, 0.05) is 29.1 Å². The molecule has 3 rings (SSSR count). The average Bonchev–Trinajstić information content (AvgIpc) is 3.36. The standard InChI is InChI=1S/C15H20O3S.C4H6N2.C3H8O2/c1-2-17-15(16)9-11-19-13-7-5-12(6-8-13)14-4-3-10-18-14;1-4-2-5-3-6-4;1-3(2,4)5/h5-8,14H,2-4,9-11H2,1H3;2-3H,1H3,(H,5,6);4-5H,1-2H3/t14-;;/m1../s1. The first-order chi connectivity index (χ1) is 14.2. The number of thioether (sulfide) groups is 1. The van der Waals surface area contributed by atoms with Crippen LogP contribution in [0.15, 0.2) is 41.7 Å². The lowest BCUT2D eigenvalue weighted by Gasteiger charge is -2.10. The van der Waals surface area contributed by atoms with Crippen molar-refractivity contribution in [1.82, 2.24) is 9.97 Å². The zero-order valence-electron chi connectivity index (χ0n) is 18.3. The van der Waals surface area contributed by atoms with E-state index in [1.54, 1.807) is 24.3 Å². The van der Waals surface area contributed by atoms with Crippen LogP contribution in [0, 0.1) is 6.92 Å². The fourth-order valence-corrected chi connectivity index (χ4v) is 3.26. The van der Waals surface area contributed by atoms with Gasteiger partial charge in [-0.3, -0.25) is 4.79 Å². The van der Waals surface area contributed by atoms with Crippen LogP contribution in [0.25, 0.3) is 0 Å². The Balaban J connectivity index is 0.000000334. The number of carbonyl (C=O) groups excluding carboxylic acids is 1. The first kappa shape index (κ1) is 26.2. The lowest BCUT2D eigenvalue weighted by molar-refractivity contribution is -0.142. The molecule has 0 amide bonds. The molecule has 0 spiro atoms. The molecule has 168 valence electrons. The third-order valence-electron chi connectivity index (χ3n) is 3.70. The molecule has 0 radical (unpaired) electrons. The van der Waals surface area contributed by atoms with Crippen LogP contribution >= 0.6 is 11.8 Å². The summed E-state index contributed by atoms with van der Waals surface area (Å²) in [7, 11) is 0. The van der Waals surface area contributed by atoms with Crippen molar-refractivity contribution in [2.24, 2.45) is 0 Å². The number of esters is 1. The topological polar surface area (TPSA) is 105 Å². The van der Waals surface area contributed by atoms with Crippen LogP contribution in [0.3, 0.4) is 0 Å². The maximum atomic E-state index is 11.2. The maximum absolute atomic E-state index is 11.2. The fraction of sp³-hybridized carbons (Fsp3) is 0.545. The number of carbonyl (C=O) groups is 1. The molecule has 1 aromatic carbocycles. The Labute approximate surface area is 183 Å². The predicted molar refractivity (Wildman–Crippen MR) is 118 cm³/mol. The molecule has 0 saturated carbocycles. The molecule has 1 fully saturated rings. The zero-order chi connectivity index (χ0) is 22.4. The van der Waals surface area contributed by atoms with Crippen molar-refractivity contribution in [3.63, 3.8) is 0 Å². The van der Waals surface area contributed by atoms with Crippen LogP contribution in [0.1, 0.15) is 57.4 Å². The normalized spacial score (nSPS) is 15.5. The van der Waals surface area contributed by atoms with E-state index in [0.717, 1.165) is 30.9 Å². The van der Waals surface area contributed by atoms with Gasteiger partial charge in [-0.05, 0) is 58.2 Å². The number of ether oxygens (including phenoxy) is 2. The predicted octanol–water partition coefficient (Wildman–Crippen LogP) is 4.01. The van der Waals surface area contributed by atoms with Crippen molar-refractivity contribution in [3.8, 4) is 0 Å². The van der Waals surface area contributed by atoms with Gasteiger partial charge in [0.15, 0.2) is 5.79 Å². The molecule has 0 bridgehead atoms. The summed E-state index contributed by atoms with van der Waals surface area (Å²) in [6.07, 6.45) is 6.45. The number of hydrogen-bond acceptors (Lipinski definition) is 7. The molecule has 7 nitrogen and oxygen atoms in total. The monoisotopic (exact) mass is 438 g/mol. The van der Waals surface area contributed by atoms with Gasteiger partial charge in [0.05, 0.1) is 25.5 Å². The van der Waals surface area contributed by atoms with Crippen LogP contribution < -0.4 is 0 Å². The molecule has 1 saturated heterocycles. The zero-order valence-corrected chi connectivity index (χ0v) is 19.1. The Morgan fingerprint density at radius 2 is 2.00 bits per heavy atom. The second-order valence-corrected chi connectivity index (χ2v) is 8.37.